The SMILES string of the molecule is CN(c1cccnc1C#N)C1CCCNC1. The number of hydrogen-bond acceptors (Lipinski definition) is 4. The van der Waals surface area contributed by atoms with Crippen molar-refractivity contribution in [3.05, 3.63) is 24.0 Å². The Bertz CT molecular complexity index is 390. The lowest BCUT2D eigenvalue weighted by atomic mass is 10.1. The summed E-state index contributed by atoms with van der Waals surface area (Å²) < 4.78 is 0. The van der Waals surface area contributed by atoms with E-state index in [1.165, 1.54) is 12.8 Å². The monoisotopic (exact) mass is 216 g/mol. The summed E-state index contributed by atoms with van der Waals surface area (Å²) in [7, 11) is 2.04. The fourth-order valence-electron chi connectivity index (χ4n) is 2.13. The van der Waals surface area contributed by atoms with Crippen molar-refractivity contribution in [3.63, 3.8) is 0 Å². The molecule has 2 heterocycles. The van der Waals surface area contributed by atoms with Gasteiger partial charge in [-0.3, -0.25) is 0 Å². The second-order valence-electron chi connectivity index (χ2n) is 4.09. The van der Waals surface area contributed by atoms with Gasteiger partial charge in [-0.05, 0) is 31.5 Å². The highest BCUT2D eigenvalue weighted by Crippen LogP contribution is 2.21. The maximum absolute atomic E-state index is 9.01. The van der Waals surface area contributed by atoms with E-state index in [-0.39, 0.29) is 0 Å². The van der Waals surface area contributed by atoms with Crippen LogP contribution in [0.15, 0.2) is 18.3 Å². The Hall–Kier alpha value is -1.60. The van der Waals surface area contributed by atoms with E-state index in [0.29, 0.717) is 11.7 Å². The van der Waals surface area contributed by atoms with Crippen LogP contribution in [0.3, 0.4) is 0 Å². The van der Waals surface area contributed by atoms with Crippen molar-refractivity contribution in [2.45, 2.75) is 18.9 Å². The number of nitrogens with zero attached hydrogens (tertiary/aromatic N) is 3. The number of hydrogen-bond donors (Lipinski definition) is 1. The first-order chi connectivity index (χ1) is 7.83. The van der Waals surface area contributed by atoms with Crippen molar-refractivity contribution in [2.75, 3.05) is 25.0 Å². The van der Waals surface area contributed by atoms with Gasteiger partial charge in [0, 0.05) is 25.8 Å². The van der Waals surface area contributed by atoms with Gasteiger partial charge >= 0.3 is 0 Å². The number of nitriles is 1. The van der Waals surface area contributed by atoms with Crippen LogP contribution in [0, 0.1) is 11.3 Å². The van der Waals surface area contributed by atoms with Gasteiger partial charge in [0.25, 0.3) is 0 Å². The summed E-state index contributed by atoms with van der Waals surface area (Å²) in [6.07, 6.45) is 4.02. The van der Waals surface area contributed by atoms with Crippen molar-refractivity contribution in [2.24, 2.45) is 0 Å². The number of aromatic nitrogens is 1. The van der Waals surface area contributed by atoms with Gasteiger partial charge in [0.2, 0.25) is 0 Å². The number of nitrogens with one attached hydrogen (secondary N) is 1. The van der Waals surface area contributed by atoms with Gasteiger partial charge in [-0.15, -0.1) is 0 Å². The normalized spacial score (nSPS) is 20.1. The molecular weight excluding hydrogens is 200 g/mol. The van der Waals surface area contributed by atoms with Crippen LogP contribution in [-0.2, 0) is 0 Å². The Labute approximate surface area is 95.9 Å². The maximum atomic E-state index is 9.01. The van der Waals surface area contributed by atoms with Crippen molar-refractivity contribution >= 4 is 5.69 Å². The van der Waals surface area contributed by atoms with Crippen LogP contribution in [0.4, 0.5) is 5.69 Å². The number of pyridine rings is 1. The highest BCUT2D eigenvalue weighted by molar-refractivity contribution is 5.55. The topological polar surface area (TPSA) is 52.0 Å². The smallest absolute Gasteiger partial charge is 0.163 e. The molecule has 1 fully saturated rings. The van der Waals surface area contributed by atoms with Crippen LogP contribution < -0.4 is 10.2 Å². The number of rotatable bonds is 2. The van der Waals surface area contributed by atoms with E-state index in [4.69, 9.17) is 5.26 Å². The quantitative estimate of drug-likeness (QED) is 0.805. The summed E-state index contributed by atoms with van der Waals surface area (Å²) in [5.41, 5.74) is 1.44. The molecular formula is C12H16N4. The van der Waals surface area contributed by atoms with E-state index in [1.807, 2.05) is 19.2 Å². The molecule has 1 aromatic rings. The van der Waals surface area contributed by atoms with Crippen LogP contribution in [0.2, 0.25) is 0 Å². The molecule has 4 heteroatoms. The molecule has 84 valence electrons. The zero-order valence-electron chi connectivity index (χ0n) is 9.48. The summed E-state index contributed by atoms with van der Waals surface area (Å²) in [6, 6.07) is 6.44. The molecule has 1 aliphatic heterocycles. The number of likely N-dealkylation sites (N-methyl/N-ethyl adjacent to an activating group) is 1. The average Bonchev–Trinajstić information content (AvgIpc) is 2.39. The van der Waals surface area contributed by atoms with Crippen LogP contribution in [0.1, 0.15) is 18.5 Å². The molecule has 4 nitrogen and oxygen atoms in total. The Kier molecular flexibility index (Phi) is 3.37. The first-order valence-electron chi connectivity index (χ1n) is 5.61. The summed E-state index contributed by atoms with van der Waals surface area (Å²) in [5, 5.41) is 12.4. The fraction of sp³-hybridized carbons (Fsp3) is 0.500. The van der Waals surface area contributed by atoms with Crippen molar-refractivity contribution in [1.82, 2.24) is 10.3 Å². The standard InChI is InChI=1S/C12H16N4/c1-16(10-4-2-6-14-9-10)12-5-3-7-15-11(12)8-13/h3,5,7,10,14H,2,4,6,9H2,1H3. The second kappa shape index (κ2) is 4.95. The highest BCUT2D eigenvalue weighted by Gasteiger charge is 2.20. The largest absolute Gasteiger partial charge is 0.368 e. The Morgan fingerprint density at radius 3 is 3.19 bits per heavy atom. The van der Waals surface area contributed by atoms with E-state index in [1.54, 1.807) is 6.20 Å². The molecule has 0 saturated carbocycles. The van der Waals surface area contributed by atoms with Gasteiger partial charge in [0.1, 0.15) is 6.07 Å². The van der Waals surface area contributed by atoms with E-state index < -0.39 is 0 Å². The summed E-state index contributed by atoms with van der Waals surface area (Å²) in [4.78, 5) is 6.25. The minimum Gasteiger partial charge on any atom is -0.368 e. The van der Waals surface area contributed by atoms with Crippen molar-refractivity contribution < 1.29 is 0 Å². The van der Waals surface area contributed by atoms with Gasteiger partial charge in [0.15, 0.2) is 5.69 Å². The zero-order valence-corrected chi connectivity index (χ0v) is 9.48. The van der Waals surface area contributed by atoms with Crippen LogP contribution >= 0.6 is 0 Å². The van der Waals surface area contributed by atoms with Crippen molar-refractivity contribution in [1.29, 1.82) is 5.26 Å². The number of piperidine rings is 1. The van der Waals surface area contributed by atoms with E-state index in [9.17, 15) is 0 Å². The lowest BCUT2D eigenvalue weighted by Crippen LogP contribution is -2.44. The number of anilines is 1. The van der Waals surface area contributed by atoms with Gasteiger partial charge in [-0.2, -0.15) is 5.26 Å². The molecule has 0 aromatic carbocycles. The molecule has 1 saturated heterocycles. The third kappa shape index (κ3) is 2.15. The molecule has 1 unspecified atom stereocenters. The lowest BCUT2D eigenvalue weighted by Gasteiger charge is -2.33. The third-order valence-corrected chi connectivity index (χ3v) is 3.09. The molecule has 1 aliphatic rings. The van der Waals surface area contributed by atoms with Crippen LogP contribution in [0.25, 0.3) is 0 Å². The van der Waals surface area contributed by atoms with Gasteiger partial charge < -0.3 is 10.2 Å². The third-order valence-electron chi connectivity index (χ3n) is 3.09. The van der Waals surface area contributed by atoms with Crippen LogP contribution in [-0.4, -0.2) is 31.2 Å². The minimum absolute atomic E-state index is 0.463. The molecule has 0 bridgehead atoms. The van der Waals surface area contributed by atoms with Gasteiger partial charge in [-0.1, -0.05) is 0 Å². The lowest BCUT2D eigenvalue weighted by molar-refractivity contribution is 0.444. The maximum Gasteiger partial charge on any atom is 0.163 e. The van der Waals surface area contributed by atoms with Gasteiger partial charge in [-0.25, -0.2) is 4.98 Å². The molecule has 0 aliphatic carbocycles. The van der Waals surface area contributed by atoms with E-state index >= 15 is 0 Å². The molecule has 1 atom stereocenters. The first-order valence-corrected chi connectivity index (χ1v) is 5.61. The summed E-state index contributed by atoms with van der Waals surface area (Å²) in [5.74, 6) is 0. The molecule has 1 N–H and O–H groups in total. The summed E-state index contributed by atoms with van der Waals surface area (Å²) >= 11 is 0. The highest BCUT2D eigenvalue weighted by atomic mass is 15.2. The minimum atomic E-state index is 0.463. The zero-order chi connectivity index (χ0) is 11.4. The van der Waals surface area contributed by atoms with Gasteiger partial charge in [0.05, 0.1) is 5.69 Å². The molecule has 0 radical (unpaired) electrons. The average molecular weight is 216 g/mol. The molecule has 0 amide bonds. The Morgan fingerprint density at radius 2 is 2.50 bits per heavy atom. The second-order valence-corrected chi connectivity index (χ2v) is 4.09. The molecule has 2 rings (SSSR count). The predicted octanol–water partition coefficient (Wildman–Crippen LogP) is 1.14. The Balaban J connectivity index is 2.19. The molecule has 1 aromatic heterocycles. The fourth-order valence-corrected chi connectivity index (χ4v) is 2.13. The van der Waals surface area contributed by atoms with Crippen LogP contribution in [0.5, 0.6) is 0 Å². The van der Waals surface area contributed by atoms with E-state index in [2.05, 4.69) is 21.3 Å². The summed E-state index contributed by atoms with van der Waals surface area (Å²) in [6.45, 7) is 2.08. The molecule has 16 heavy (non-hydrogen) atoms. The van der Waals surface area contributed by atoms with Crippen molar-refractivity contribution in [3.8, 4) is 6.07 Å². The predicted molar refractivity (Wildman–Crippen MR) is 63.2 cm³/mol. The van der Waals surface area contributed by atoms with E-state index in [0.717, 1.165) is 18.8 Å². The Morgan fingerprint density at radius 1 is 1.62 bits per heavy atom. The first kappa shape index (κ1) is 10.9. The molecule has 0 spiro atoms.